The lowest BCUT2D eigenvalue weighted by molar-refractivity contribution is 0.252. The summed E-state index contributed by atoms with van der Waals surface area (Å²) in [4.78, 5) is 11.5. The van der Waals surface area contributed by atoms with Crippen molar-refractivity contribution in [1.29, 1.82) is 0 Å². The van der Waals surface area contributed by atoms with Crippen molar-refractivity contribution >= 4 is 38.4 Å². The molecule has 0 unspecified atom stereocenters. The van der Waals surface area contributed by atoms with Gasteiger partial charge in [0.05, 0.1) is 0 Å². The van der Waals surface area contributed by atoms with Crippen molar-refractivity contribution in [1.82, 2.24) is 5.32 Å². The minimum absolute atomic E-state index is 0.159. The topological polar surface area (TPSA) is 41.1 Å². The van der Waals surface area contributed by atoms with E-state index in [2.05, 4.69) is 32.6 Å². The lowest BCUT2D eigenvalue weighted by Crippen LogP contribution is -2.29. The second-order valence-corrected chi connectivity index (χ2v) is 5.00. The summed E-state index contributed by atoms with van der Waals surface area (Å²) < 4.78 is 1.05. The Hall–Kier alpha value is -1.55. The highest BCUT2D eigenvalue weighted by Crippen LogP contribution is 2.22. The molecule has 0 saturated heterocycles. The maximum atomic E-state index is 11.5. The number of benzene rings is 2. The molecule has 2 aromatic carbocycles. The zero-order chi connectivity index (χ0) is 13.0. The molecule has 0 bridgehead atoms. The van der Waals surface area contributed by atoms with Gasteiger partial charge in [-0.15, -0.1) is 0 Å². The molecule has 0 aromatic heterocycles. The van der Waals surface area contributed by atoms with Crippen LogP contribution in [-0.4, -0.2) is 12.6 Å². The highest BCUT2D eigenvalue weighted by molar-refractivity contribution is 9.10. The van der Waals surface area contributed by atoms with Crippen LogP contribution < -0.4 is 10.6 Å². The largest absolute Gasteiger partial charge is 0.338 e. The molecule has 2 N–H and O–H groups in total. The van der Waals surface area contributed by atoms with Gasteiger partial charge in [0.2, 0.25) is 0 Å². The third kappa shape index (κ3) is 3.23. The van der Waals surface area contributed by atoms with Crippen LogP contribution in [0.2, 0.25) is 0 Å². The van der Waals surface area contributed by atoms with Gasteiger partial charge in [-0.2, -0.15) is 0 Å². The summed E-state index contributed by atoms with van der Waals surface area (Å²) in [5, 5.41) is 7.85. The lowest BCUT2D eigenvalue weighted by atomic mass is 10.1. The first-order chi connectivity index (χ1) is 8.69. The standard InChI is InChI=1S/C14H15BrN2O/c1-2-7-16-14(18)17-13-6-4-10-8-12(15)5-3-11(10)9-13/h3-6,8-9H,2,7H2,1H3,(H2,16,17,18). The van der Waals surface area contributed by atoms with E-state index >= 15 is 0 Å². The maximum Gasteiger partial charge on any atom is 0.319 e. The van der Waals surface area contributed by atoms with E-state index in [0.29, 0.717) is 6.54 Å². The van der Waals surface area contributed by atoms with Crippen LogP contribution in [0.25, 0.3) is 10.8 Å². The van der Waals surface area contributed by atoms with Crippen LogP contribution in [0.5, 0.6) is 0 Å². The smallest absolute Gasteiger partial charge is 0.319 e. The number of nitrogens with one attached hydrogen (secondary N) is 2. The number of halogens is 1. The molecule has 0 aliphatic rings. The molecule has 0 aliphatic heterocycles. The SMILES string of the molecule is CCCNC(=O)Nc1ccc2cc(Br)ccc2c1. The highest BCUT2D eigenvalue weighted by Gasteiger charge is 2.01. The third-order valence-corrected chi connectivity index (χ3v) is 3.09. The average Bonchev–Trinajstić information content (AvgIpc) is 2.36. The van der Waals surface area contributed by atoms with Gasteiger partial charge >= 0.3 is 6.03 Å². The van der Waals surface area contributed by atoms with Crippen LogP contribution >= 0.6 is 15.9 Å². The van der Waals surface area contributed by atoms with Crippen LogP contribution in [0.3, 0.4) is 0 Å². The second kappa shape index (κ2) is 5.87. The van der Waals surface area contributed by atoms with E-state index in [0.717, 1.165) is 27.4 Å². The molecule has 0 heterocycles. The normalized spacial score (nSPS) is 10.3. The van der Waals surface area contributed by atoms with Crippen LogP contribution in [-0.2, 0) is 0 Å². The van der Waals surface area contributed by atoms with Gasteiger partial charge in [-0.1, -0.05) is 35.0 Å². The Labute approximate surface area is 115 Å². The molecule has 0 saturated carbocycles. The molecule has 0 fully saturated rings. The number of fused-ring (bicyclic) bond motifs is 1. The van der Waals surface area contributed by atoms with Crippen LogP contribution in [0.15, 0.2) is 40.9 Å². The Morgan fingerprint density at radius 1 is 1.17 bits per heavy atom. The number of carbonyl (C=O) groups excluding carboxylic acids is 1. The predicted molar refractivity (Wildman–Crippen MR) is 79.0 cm³/mol. The first-order valence-electron chi connectivity index (χ1n) is 5.93. The molecular formula is C14H15BrN2O. The number of hydrogen-bond donors (Lipinski definition) is 2. The quantitative estimate of drug-likeness (QED) is 0.879. The van der Waals surface area contributed by atoms with Gasteiger partial charge in [0.1, 0.15) is 0 Å². The molecule has 2 rings (SSSR count). The van der Waals surface area contributed by atoms with Gasteiger partial charge < -0.3 is 10.6 Å². The second-order valence-electron chi connectivity index (χ2n) is 4.09. The van der Waals surface area contributed by atoms with E-state index in [1.807, 2.05) is 37.3 Å². The molecule has 0 atom stereocenters. The van der Waals surface area contributed by atoms with E-state index in [1.54, 1.807) is 0 Å². The van der Waals surface area contributed by atoms with E-state index < -0.39 is 0 Å². The van der Waals surface area contributed by atoms with Crippen LogP contribution in [0.1, 0.15) is 13.3 Å². The number of urea groups is 1. The molecule has 94 valence electrons. The van der Waals surface area contributed by atoms with Crippen molar-refractivity contribution in [2.24, 2.45) is 0 Å². The van der Waals surface area contributed by atoms with Crippen molar-refractivity contribution in [2.75, 3.05) is 11.9 Å². The molecule has 4 heteroatoms. The van der Waals surface area contributed by atoms with Gasteiger partial charge in [-0.3, -0.25) is 0 Å². The van der Waals surface area contributed by atoms with Gasteiger partial charge in [-0.25, -0.2) is 4.79 Å². The molecule has 2 aromatic rings. The van der Waals surface area contributed by atoms with E-state index in [9.17, 15) is 4.79 Å². The van der Waals surface area contributed by atoms with Gasteiger partial charge in [0.25, 0.3) is 0 Å². The maximum absolute atomic E-state index is 11.5. The molecule has 0 aliphatic carbocycles. The summed E-state index contributed by atoms with van der Waals surface area (Å²) in [7, 11) is 0. The number of hydrogen-bond acceptors (Lipinski definition) is 1. The van der Waals surface area contributed by atoms with Crippen molar-refractivity contribution < 1.29 is 4.79 Å². The Morgan fingerprint density at radius 3 is 2.67 bits per heavy atom. The summed E-state index contributed by atoms with van der Waals surface area (Å²) >= 11 is 3.44. The van der Waals surface area contributed by atoms with E-state index in [4.69, 9.17) is 0 Å². The molecular weight excluding hydrogens is 292 g/mol. The fourth-order valence-corrected chi connectivity index (χ4v) is 2.09. The zero-order valence-corrected chi connectivity index (χ0v) is 11.8. The van der Waals surface area contributed by atoms with Crippen molar-refractivity contribution in [3.05, 3.63) is 40.9 Å². The summed E-state index contributed by atoms with van der Waals surface area (Å²) in [6, 6.07) is 11.8. The molecule has 0 radical (unpaired) electrons. The Morgan fingerprint density at radius 2 is 1.89 bits per heavy atom. The third-order valence-electron chi connectivity index (χ3n) is 2.60. The first kappa shape index (κ1) is 12.9. The van der Waals surface area contributed by atoms with Crippen LogP contribution in [0, 0.1) is 0 Å². The summed E-state index contributed by atoms with van der Waals surface area (Å²) in [5.74, 6) is 0. The van der Waals surface area contributed by atoms with Gasteiger partial charge in [0.15, 0.2) is 0 Å². The number of rotatable bonds is 3. The lowest BCUT2D eigenvalue weighted by Gasteiger charge is -2.07. The minimum Gasteiger partial charge on any atom is -0.338 e. The van der Waals surface area contributed by atoms with Crippen LogP contribution in [0.4, 0.5) is 10.5 Å². The minimum atomic E-state index is -0.159. The molecule has 2 amide bonds. The van der Waals surface area contributed by atoms with E-state index in [-0.39, 0.29) is 6.03 Å². The number of amides is 2. The summed E-state index contributed by atoms with van der Waals surface area (Å²) in [6.07, 6.45) is 0.930. The summed E-state index contributed by atoms with van der Waals surface area (Å²) in [5.41, 5.74) is 0.804. The Balaban J connectivity index is 2.15. The summed E-state index contributed by atoms with van der Waals surface area (Å²) in [6.45, 7) is 2.71. The average molecular weight is 307 g/mol. The van der Waals surface area contributed by atoms with Gasteiger partial charge in [0, 0.05) is 16.7 Å². The molecule has 18 heavy (non-hydrogen) atoms. The monoisotopic (exact) mass is 306 g/mol. The first-order valence-corrected chi connectivity index (χ1v) is 6.72. The molecule has 3 nitrogen and oxygen atoms in total. The Kier molecular flexibility index (Phi) is 4.20. The van der Waals surface area contributed by atoms with Gasteiger partial charge in [-0.05, 0) is 41.5 Å². The van der Waals surface area contributed by atoms with Crippen molar-refractivity contribution in [3.8, 4) is 0 Å². The fraction of sp³-hybridized carbons (Fsp3) is 0.214. The van der Waals surface area contributed by atoms with E-state index in [1.165, 1.54) is 0 Å². The predicted octanol–water partition coefficient (Wildman–Crippen LogP) is 4.13. The Bertz CT molecular complexity index is 569. The molecule has 0 spiro atoms. The number of anilines is 1. The van der Waals surface area contributed by atoms with Crippen molar-refractivity contribution in [2.45, 2.75) is 13.3 Å². The number of carbonyl (C=O) groups is 1. The van der Waals surface area contributed by atoms with Crippen molar-refractivity contribution in [3.63, 3.8) is 0 Å². The highest BCUT2D eigenvalue weighted by atomic mass is 79.9. The zero-order valence-electron chi connectivity index (χ0n) is 10.2. The fourth-order valence-electron chi connectivity index (χ4n) is 1.71.